The molecule has 136 valence electrons. The maximum atomic E-state index is 13.2. The number of amides is 1. The van der Waals surface area contributed by atoms with Crippen molar-refractivity contribution in [2.75, 3.05) is 18.8 Å². The van der Waals surface area contributed by atoms with Gasteiger partial charge < -0.3 is 15.7 Å². The van der Waals surface area contributed by atoms with Crippen molar-refractivity contribution >= 4 is 11.9 Å². The predicted octanol–water partition coefficient (Wildman–Crippen LogP) is 1.95. The summed E-state index contributed by atoms with van der Waals surface area (Å²) in [7, 11) is 0. The summed E-state index contributed by atoms with van der Waals surface area (Å²) in [4.78, 5) is 23.8. The molecular formula is C19H28N4O2. The summed E-state index contributed by atoms with van der Waals surface area (Å²) in [6.07, 6.45) is 7.65. The van der Waals surface area contributed by atoms with Crippen LogP contribution in [0.5, 0.6) is 0 Å². The van der Waals surface area contributed by atoms with Crippen molar-refractivity contribution in [2.45, 2.75) is 63.9 Å². The first-order valence-electron chi connectivity index (χ1n) is 9.68. The molecule has 6 heteroatoms. The summed E-state index contributed by atoms with van der Waals surface area (Å²) in [6.45, 7) is 3.41. The fourth-order valence-corrected chi connectivity index (χ4v) is 5.17. The fraction of sp³-hybridized carbons (Fsp3) is 0.737. The molecule has 3 atom stereocenters. The monoisotopic (exact) mass is 344 g/mol. The van der Waals surface area contributed by atoms with Gasteiger partial charge in [0.1, 0.15) is 5.69 Å². The van der Waals surface area contributed by atoms with Crippen molar-refractivity contribution in [1.82, 2.24) is 14.9 Å². The Morgan fingerprint density at radius 3 is 2.88 bits per heavy atom. The molecule has 1 saturated carbocycles. The molecule has 2 aliphatic carbocycles. The van der Waals surface area contributed by atoms with Crippen molar-refractivity contribution < 1.29 is 9.90 Å². The lowest BCUT2D eigenvalue weighted by molar-refractivity contribution is -0.0609. The van der Waals surface area contributed by atoms with E-state index >= 15 is 0 Å². The highest BCUT2D eigenvalue weighted by atomic mass is 16.3. The molecule has 25 heavy (non-hydrogen) atoms. The second-order valence-electron chi connectivity index (χ2n) is 7.99. The Morgan fingerprint density at radius 2 is 2.08 bits per heavy atom. The van der Waals surface area contributed by atoms with Gasteiger partial charge in [0.05, 0.1) is 5.60 Å². The van der Waals surface area contributed by atoms with Gasteiger partial charge in [0.15, 0.2) is 0 Å². The van der Waals surface area contributed by atoms with Gasteiger partial charge in [0.25, 0.3) is 5.91 Å². The molecule has 0 bridgehead atoms. The summed E-state index contributed by atoms with van der Waals surface area (Å²) >= 11 is 0. The molecule has 0 radical (unpaired) electrons. The van der Waals surface area contributed by atoms with Gasteiger partial charge in [0.2, 0.25) is 5.95 Å². The van der Waals surface area contributed by atoms with Gasteiger partial charge in [-0.05, 0) is 50.9 Å². The number of likely N-dealkylation sites (tertiary alicyclic amines) is 1. The molecule has 0 unspecified atom stereocenters. The zero-order valence-corrected chi connectivity index (χ0v) is 15.0. The number of nitrogen functional groups attached to an aromatic ring is 1. The number of rotatable bonds is 2. The number of aromatic nitrogens is 2. The molecule has 1 aromatic rings. The number of aryl methyl sites for hydroxylation is 1. The van der Waals surface area contributed by atoms with Crippen LogP contribution in [0.3, 0.4) is 0 Å². The molecule has 0 aromatic carbocycles. The Morgan fingerprint density at radius 1 is 1.28 bits per heavy atom. The molecule has 3 aliphatic rings. The topological polar surface area (TPSA) is 92.3 Å². The Balaban J connectivity index is 1.62. The first kappa shape index (κ1) is 16.8. The Bertz CT molecular complexity index is 692. The molecular weight excluding hydrogens is 316 g/mol. The molecule has 1 saturated heterocycles. The van der Waals surface area contributed by atoms with E-state index in [1.807, 2.05) is 11.8 Å². The zero-order chi connectivity index (χ0) is 17.6. The number of hydrogen-bond donors (Lipinski definition) is 2. The van der Waals surface area contributed by atoms with Gasteiger partial charge in [0, 0.05) is 30.3 Å². The summed E-state index contributed by atoms with van der Waals surface area (Å²) < 4.78 is 0. The molecule has 3 N–H and O–H groups in total. The van der Waals surface area contributed by atoms with Crippen LogP contribution in [0.1, 0.15) is 67.2 Å². The second kappa shape index (κ2) is 6.24. The van der Waals surface area contributed by atoms with Gasteiger partial charge in [-0.15, -0.1) is 0 Å². The van der Waals surface area contributed by atoms with Crippen LogP contribution in [0.25, 0.3) is 0 Å². The van der Waals surface area contributed by atoms with Gasteiger partial charge in [-0.3, -0.25) is 4.79 Å². The lowest BCUT2D eigenvalue weighted by Gasteiger charge is -2.40. The van der Waals surface area contributed by atoms with E-state index in [1.165, 1.54) is 0 Å². The van der Waals surface area contributed by atoms with Crippen LogP contribution >= 0.6 is 0 Å². The van der Waals surface area contributed by atoms with E-state index in [4.69, 9.17) is 5.73 Å². The maximum Gasteiger partial charge on any atom is 0.272 e. The van der Waals surface area contributed by atoms with E-state index in [9.17, 15) is 9.90 Å². The number of carbonyl (C=O) groups excluding carboxylic acids is 1. The molecule has 1 amide bonds. The average molecular weight is 344 g/mol. The average Bonchev–Trinajstić information content (AvgIpc) is 3.06. The van der Waals surface area contributed by atoms with Crippen LogP contribution in [0.4, 0.5) is 5.95 Å². The van der Waals surface area contributed by atoms with Gasteiger partial charge in [-0.2, -0.15) is 0 Å². The quantitative estimate of drug-likeness (QED) is 0.855. The van der Waals surface area contributed by atoms with Gasteiger partial charge in [-0.25, -0.2) is 9.97 Å². The van der Waals surface area contributed by atoms with Crippen LogP contribution in [-0.2, 0) is 12.8 Å². The first-order valence-corrected chi connectivity index (χ1v) is 9.68. The molecule has 6 nitrogen and oxygen atoms in total. The Labute approximate surface area is 148 Å². The van der Waals surface area contributed by atoms with E-state index in [1.54, 1.807) is 0 Å². The van der Waals surface area contributed by atoms with Gasteiger partial charge in [-0.1, -0.05) is 13.3 Å². The van der Waals surface area contributed by atoms with Crippen LogP contribution in [-0.4, -0.2) is 44.6 Å². The number of nitrogens with zero attached hydrogens (tertiary/aromatic N) is 3. The smallest absolute Gasteiger partial charge is 0.272 e. The lowest BCUT2D eigenvalue weighted by Crippen LogP contribution is -2.44. The largest absolute Gasteiger partial charge is 0.390 e. The van der Waals surface area contributed by atoms with Crippen molar-refractivity contribution in [3.63, 3.8) is 0 Å². The normalized spacial score (nSPS) is 31.5. The van der Waals surface area contributed by atoms with Crippen LogP contribution in [0.2, 0.25) is 0 Å². The van der Waals surface area contributed by atoms with Gasteiger partial charge >= 0.3 is 0 Å². The minimum atomic E-state index is -0.623. The third-order valence-electron chi connectivity index (χ3n) is 6.62. The highest BCUT2D eigenvalue weighted by molar-refractivity contribution is 5.94. The SMILES string of the molecule is CC[C@]1(O)CCC[C@H]2CN(C(=O)c3nc(N)nc4c3CCCC4)C[C@H]21. The van der Waals surface area contributed by atoms with Crippen molar-refractivity contribution in [2.24, 2.45) is 11.8 Å². The Hall–Kier alpha value is -1.69. The molecule has 1 aromatic heterocycles. The van der Waals surface area contributed by atoms with Crippen molar-refractivity contribution in [3.05, 3.63) is 17.0 Å². The zero-order valence-electron chi connectivity index (χ0n) is 15.0. The number of aliphatic hydroxyl groups is 1. The minimum Gasteiger partial charge on any atom is -0.390 e. The summed E-state index contributed by atoms with van der Waals surface area (Å²) in [5.74, 6) is 0.758. The van der Waals surface area contributed by atoms with E-state index in [-0.39, 0.29) is 17.8 Å². The minimum absolute atomic E-state index is 0.0277. The predicted molar refractivity (Wildman–Crippen MR) is 95.1 cm³/mol. The molecule has 0 spiro atoms. The number of nitrogens with two attached hydrogens (primary N) is 1. The molecule has 4 rings (SSSR count). The number of fused-ring (bicyclic) bond motifs is 2. The van der Waals surface area contributed by atoms with E-state index in [0.29, 0.717) is 18.2 Å². The highest BCUT2D eigenvalue weighted by Gasteiger charge is 2.49. The number of carbonyl (C=O) groups is 1. The molecule has 2 fully saturated rings. The summed E-state index contributed by atoms with van der Waals surface area (Å²) in [5, 5.41) is 11.0. The standard InChI is InChI=1S/C19H28N4O2/c1-2-19(25)9-5-6-12-10-23(11-14(12)19)17(24)16-13-7-3-4-8-15(13)21-18(20)22-16/h12,14,25H,2-11H2,1H3,(H2,20,21,22)/t12-,14+,19-/m0/s1. The second-order valence-corrected chi connectivity index (χ2v) is 7.99. The van der Waals surface area contributed by atoms with Crippen molar-refractivity contribution in [1.29, 1.82) is 0 Å². The Kier molecular flexibility index (Phi) is 4.18. The molecule has 2 heterocycles. The van der Waals surface area contributed by atoms with Crippen LogP contribution < -0.4 is 5.73 Å². The molecule has 1 aliphatic heterocycles. The van der Waals surface area contributed by atoms with E-state index < -0.39 is 5.60 Å². The fourth-order valence-electron chi connectivity index (χ4n) is 5.17. The summed E-state index contributed by atoms with van der Waals surface area (Å²) in [5.41, 5.74) is 7.69. The number of anilines is 1. The summed E-state index contributed by atoms with van der Waals surface area (Å²) in [6, 6.07) is 0. The first-order chi connectivity index (χ1) is 12.0. The maximum absolute atomic E-state index is 13.2. The van der Waals surface area contributed by atoms with Crippen LogP contribution in [0, 0.1) is 11.8 Å². The number of hydrogen-bond acceptors (Lipinski definition) is 5. The third-order valence-corrected chi connectivity index (χ3v) is 6.62. The third kappa shape index (κ3) is 2.80. The lowest BCUT2D eigenvalue weighted by atomic mass is 9.69. The van der Waals surface area contributed by atoms with Crippen LogP contribution in [0.15, 0.2) is 0 Å². The van der Waals surface area contributed by atoms with E-state index in [2.05, 4.69) is 9.97 Å². The van der Waals surface area contributed by atoms with E-state index in [0.717, 1.165) is 69.2 Å². The van der Waals surface area contributed by atoms with Crippen molar-refractivity contribution in [3.8, 4) is 0 Å². The highest BCUT2D eigenvalue weighted by Crippen LogP contribution is 2.44.